The molecule has 0 unspecified atom stereocenters. The number of nitrogens with zero attached hydrogens (tertiary/aromatic N) is 2. The van der Waals surface area contributed by atoms with E-state index in [1.165, 1.54) is 37.7 Å². The lowest BCUT2D eigenvalue weighted by atomic mass is 10.2. The summed E-state index contributed by atoms with van der Waals surface area (Å²) in [4.78, 5) is 50.5. The van der Waals surface area contributed by atoms with Crippen LogP contribution in [0, 0.1) is 0 Å². The molecule has 0 amide bonds. The van der Waals surface area contributed by atoms with E-state index in [1.807, 2.05) is 0 Å². The summed E-state index contributed by atoms with van der Waals surface area (Å²) in [6, 6.07) is 5.83. The Morgan fingerprint density at radius 1 is 1.08 bits per heavy atom. The summed E-state index contributed by atoms with van der Waals surface area (Å²) in [7, 11) is 1.17. The van der Waals surface area contributed by atoms with E-state index >= 15 is 0 Å². The van der Waals surface area contributed by atoms with E-state index < -0.39 is 23.9 Å². The number of carbonyl (C=O) groups excluding carboxylic acids is 3. The molecule has 122 valence electrons. The molecule has 1 N–H and O–H groups in total. The van der Waals surface area contributed by atoms with Crippen LogP contribution in [0.25, 0.3) is 0 Å². The van der Waals surface area contributed by atoms with Crippen LogP contribution in [0.1, 0.15) is 41.7 Å². The van der Waals surface area contributed by atoms with Crippen molar-refractivity contribution in [2.24, 2.45) is 0 Å². The summed E-state index contributed by atoms with van der Waals surface area (Å²) in [5.41, 5.74) is 0.0156. The van der Waals surface area contributed by atoms with Crippen LogP contribution in [0.3, 0.4) is 0 Å². The third-order valence-electron chi connectivity index (χ3n) is 2.82. The average Bonchev–Trinajstić information content (AvgIpc) is 2.89. The van der Waals surface area contributed by atoms with Crippen molar-refractivity contribution in [3.8, 4) is 0 Å². The van der Waals surface area contributed by atoms with Gasteiger partial charge in [0.2, 0.25) is 0 Å². The highest BCUT2D eigenvalue weighted by Crippen LogP contribution is 2.15. The van der Waals surface area contributed by atoms with Crippen molar-refractivity contribution in [2.45, 2.75) is 0 Å². The van der Waals surface area contributed by atoms with Gasteiger partial charge in [-0.05, 0) is 24.3 Å². The second-order valence-corrected chi connectivity index (χ2v) is 4.27. The molecule has 2 aromatic heterocycles. The Morgan fingerprint density at radius 3 is 2.38 bits per heavy atom. The third kappa shape index (κ3) is 3.40. The molecule has 0 atom stereocenters. The van der Waals surface area contributed by atoms with E-state index in [0.29, 0.717) is 0 Å². The predicted octanol–water partition coefficient (Wildman–Crippen LogP) is 0.959. The van der Waals surface area contributed by atoms with Gasteiger partial charge in [0, 0.05) is 12.4 Å². The number of esters is 3. The standard InChI is InChI=1S/C8H7NO4.C7H3NO3/c1-13-8(12)6-5(7(10)11)3-2-4-9-6;9-6-4-2-1-3-8-5(4)7(10)11-6/h2-4H,1H3,(H,10,11);1-3H. The highest BCUT2D eigenvalue weighted by atomic mass is 16.6. The number of carboxylic acids is 1. The Balaban J connectivity index is 0.000000175. The number of fused-ring (bicyclic) bond motifs is 1. The molecule has 0 aliphatic carbocycles. The second kappa shape index (κ2) is 7.09. The molecule has 2 aromatic rings. The van der Waals surface area contributed by atoms with Crippen LogP contribution >= 0.6 is 0 Å². The molecule has 0 saturated heterocycles. The molecule has 3 heterocycles. The largest absolute Gasteiger partial charge is 0.478 e. The van der Waals surface area contributed by atoms with Crippen LogP contribution in [-0.4, -0.2) is 46.1 Å². The van der Waals surface area contributed by atoms with E-state index in [0.717, 1.165) is 0 Å². The zero-order chi connectivity index (χ0) is 17.7. The number of hydrogen-bond acceptors (Lipinski definition) is 8. The molecule has 0 saturated carbocycles. The SMILES string of the molecule is COC(=O)c1ncccc1C(=O)O.O=C1OC(=O)c2ncccc21. The zero-order valence-corrected chi connectivity index (χ0v) is 12.3. The fourth-order valence-corrected chi connectivity index (χ4v) is 1.76. The Labute approximate surface area is 134 Å². The van der Waals surface area contributed by atoms with Gasteiger partial charge in [0.1, 0.15) is 0 Å². The number of carboxylic acid groups (broad SMARTS) is 1. The van der Waals surface area contributed by atoms with Crippen molar-refractivity contribution >= 4 is 23.9 Å². The van der Waals surface area contributed by atoms with Gasteiger partial charge in [-0.15, -0.1) is 0 Å². The number of hydrogen-bond donors (Lipinski definition) is 1. The third-order valence-corrected chi connectivity index (χ3v) is 2.82. The van der Waals surface area contributed by atoms with E-state index in [2.05, 4.69) is 19.4 Å². The molecular formula is C15H10N2O7. The van der Waals surface area contributed by atoms with E-state index in [9.17, 15) is 19.2 Å². The maximum Gasteiger partial charge on any atom is 0.365 e. The molecule has 0 fully saturated rings. The number of cyclic esters (lactones) is 2. The minimum Gasteiger partial charge on any atom is -0.478 e. The fourth-order valence-electron chi connectivity index (χ4n) is 1.76. The maximum atomic E-state index is 11.0. The van der Waals surface area contributed by atoms with Crippen molar-refractivity contribution in [1.82, 2.24) is 9.97 Å². The summed E-state index contributed by atoms with van der Waals surface area (Å²) < 4.78 is 8.65. The van der Waals surface area contributed by atoms with E-state index in [-0.39, 0.29) is 22.5 Å². The summed E-state index contributed by atoms with van der Waals surface area (Å²) >= 11 is 0. The minimum absolute atomic E-state index is 0.109. The van der Waals surface area contributed by atoms with Gasteiger partial charge in [0.15, 0.2) is 11.4 Å². The smallest absolute Gasteiger partial charge is 0.365 e. The van der Waals surface area contributed by atoms with E-state index in [1.54, 1.807) is 6.07 Å². The predicted molar refractivity (Wildman–Crippen MR) is 76.5 cm³/mol. The van der Waals surface area contributed by atoms with Gasteiger partial charge >= 0.3 is 23.9 Å². The van der Waals surface area contributed by atoms with Gasteiger partial charge < -0.3 is 14.6 Å². The van der Waals surface area contributed by atoms with E-state index in [4.69, 9.17) is 5.11 Å². The molecule has 3 rings (SSSR count). The molecule has 1 aliphatic heterocycles. The van der Waals surface area contributed by atoms with Gasteiger partial charge in [-0.1, -0.05) is 0 Å². The normalized spacial score (nSPS) is 11.7. The first kappa shape index (κ1) is 16.7. The topological polar surface area (TPSA) is 133 Å². The summed E-state index contributed by atoms with van der Waals surface area (Å²) in [5.74, 6) is -3.23. The van der Waals surface area contributed by atoms with Crippen LogP contribution in [0.2, 0.25) is 0 Å². The van der Waals surface area contributed by atoms with Crippen LogP contribution in [0.4, 0.5) is 0 Å². The molecular weight excluding hydrogens is 320 g/mol. The number of carbonyl (C=O) groups is 4. The lowest BCUT2D eigenvalue weighted by Gasteiger charge is -2.00. The summed E-state index contributed by atoms with van der Waals surface area (Å²) in [5, 5.41) is 8.66. The Morgan fingerprint density at radius 2 is 1.75 bits per heavy atom. The number of aromatic nitrogens is 2. The number of pyridine rings is 2. The van der Waals surface area contributed by atoms with Crippen LogP contribution in [0.15, 0.2) is 36.7 Å². The minimum atomic E-state index is -1.20. The van der Waals surface area contributed by atoms with Crippen LogP contribution < -0.4 is 0 Å². The Bertz CT molecular complexity index is 799. The molecule has 24 heavy (non-hydrogen) atoms. The maximum absolute atomic E-state index is 11.0. The average molecular weight is 330 g/mol. The lowest BCUT2D eigenvalue weighted by Crippen LogP contribution is -2.11. The van der Waals surface area contributed by atoms with Gasteiger partial charge in [0.05, 0.1) is 18.2 Å². The second-order valence-electron chi connectivity index (χ2n) is 4.27. The van der Waals surface area contributed by atoms with Crippen LogP contribution in [-0.2, 0) is 9.47 Å². The highest BCUT2D eigenvalue weighted by molar-refractivity contribution is 6.13. The quantitative estimate of drug-likeness (QED) is 0.631. The first-order valence-electron chi connectivity index (χ1n) is 6.44. The first-order valence-corrected chi connectivity index (χ1v) is 6.44. The van der Waals surface area contributed by atoms with Gasteiger partial charge in [-0.3, -0.25) is 0 Å². The monoisotopic (exact) mass is 330 g/mol. The fraction of sp³-hybridized carbons (Fsp3) is 0.0667. The zero-order valence-electron chi connectivity index (χ0n) is 12.3. The molecule has 1 aliphatic rings. The van der Waals surface area contributed by atoms with Crippen molar-refractivity contribution in [3.05, 3.63) is 59.2 Å². The van der Waals surface area contributed by atoms with Crippen molar-refractivity contribution in [1.29, 1.82) is 0 Å². The Hall–Kier alpha value is -3.62. The first-order chi connectivity index (χ1) is 11.5. The van der Waals surface area contributed by atoms with Gasteiger partial charge in [-0.25, -0.2) is 29.1 Å². The number of aromatic carboxylic acids is 1. The Kier molecular flexibility index (Phi) is 4.95. The molecule has 9 nitrogen and oxygen atoms in total. The lowest BCUT2D eigenvalue weighted by molar-refractivity contribution is 0.0440. The number of methoxy groups -OCH3 is 1. The summed E-state index contributed by atoms with van der Waals surface area (Å²) in [6.45, 7) is 0. The molecule has 0 bridgehead atoms. The van der Waals surface area contributed by atoms with Crippen LogP contribution in [0.5, 0.6) is 0 Å². The molecule has 9 heteroatoms. The van der Waals surface area contributed by atoms with Crippen molar-refractivity contribution < 1.29 is 33.8 Å². The number of ether oxygens (including phenoxy) is 2. The van der Waals surface area contributed by atoms with Gasteiger partial charge in [0.25, 0.3) is 0 Å². The summed E-state index contributed by atoms with van der Waals surface area (Å²) in [6.07, 6.45) is 2.78. The molecule has 0 spiro atoms. The van der Waals surface area contributed by atoms with Gasteiger partial charge in [-0.2, -0.15) is 0 Å². The highest BCUT2D eigenvalue weighted by Gasteiger charge is 2.30. The molecule has 0 aromatic carbocycles. The van der Waals surface area contributed by atoms with Crippen molar-refractivity contribution in [2.75, 3.05) is 7.11 Å². The number of rotatable bonds is 2. The van der Waals surface area contributed by atoms with Crippen molar-refractivity contribution in [3.63, 3.8) is 0 Å². The molecule has 0 radical (unpaired) electrons.